The zero-order valence-corrected chi connectivity index (χ0v) is 19.6. The minimum Gasteiger partial charge on any atom is -0.396 e. The van der Waals surface area contributed by atoms with Crippen molar-refractivity contribution < 1.29 is 19.5 Å². The molecule has 2 fully saturated rings. The molecule has 5 rings (SSSR count). The predicted molar refractivity (Wildman–Crippen MR) is 126 cm³/mol. The van der Waals surface area contributed by atoms with Gasteiger partial charge in [0.2, 0.25) is 11.8 Å². The number of aliphatic hydroxyl groups excluding tert-OH is 1. The summed E-state index contributed by atoms with van der Waals surface area (Å²) >= 11 is 0. The van der Waals surface area contributed by atoms with Gasteiger partial charge in [0, 0.05) is 36.5 Å². The largest absolute Gasteiger partial charge is 0.396 e. The topological polar surface area (TPSA) is 140 Å². The second-order valence-electron chi connectivity index (χ2n) is 9.96. The Labute approximate surface area is 202 Å². The van der Waals surface area contributed by atoms with Gasteiger partial charge in [0.1, 0.15) is 5.69 Å². The van der Waals surface area contributed by atoms with Gasteiger partial charge in [-0.2, -0.15) is 10.4 Å². The monoisotopic (exact) mass is 476 g/mol. The number of carbonyl (C=O) groups excluding carboxylic acids is 3. The molecule has 1 aromatic heterocycles. The van der Waals surface area contributed by atoms with Crippen LogP contribution in [0.3, 0.4) is 0 Å². The normalized spacial score (nSPS) is 20.1. The van der Waals surface area contributed by atoms with E-state index in [9.17, 15) is 24.8 Å². The number of nitriles is 1. The summed E-state index contributed by atoms with van der Waals surface area (Å²) in [6, 6.07) is 8.67. The standard InChI is InChI=1S/C25H28N6O4/c1-15-12-30(14-27-22(33)10-25(13-32)6-7-25)24(35)21-9-20(29-31(15)21)18-5-2-16(11-26)8-19(18)28-23(34)17-3-4-17/h2,5,8-9,15,17,32H,3-4,6-7,10,12-14H2,1H3,(H,27,33)(H,28,34)/t15-/m0/s1. The Hall–Kier alpha value is -3.71. The molecule has 0 radical (unpaired) electrons. The van der Waals surface area contributed by atoms with Crippen molar-refractivity contribution in [3.05, 3.63) is 35.5 Å². The third-order valence-electron chi connectivity index (χ3n) is 7.07. The van der Waals surface area contributed by atoms with Crippen molar-refractivity contribution in [2.75, 3.05) is 25.1 Å². The van der Waals surface area contributed by atoms with Crippen molar-refractivity contribution in [3.63, 3.8) is 0 Å². The molecule has 1 aromatic carbocycles. The van der Waals surface area contributed by atoms with Crippen molar-refractivity contribution in [2.24, 2.45) is 11.3 Å². The minimum absolute atomic E-state index is 0.000501. The first-order chi connectivity index (χ1) is 16.8. The van der Waals surface area contributed by atoms with Crippen molar-refractivity contribution in [3.8, 4) is 17.3 Å². The Kier molecular flexibility index (Phi) is 5.81. The fourth-order valence-electron chi connectivity index (χ4n) is 4.47. The molecule has 2 aliphatic carbocycles. The van der Waals surface area contributed by atoms with Gasteiger partial charge in [0.25, 0.3) is 5.91 Å². The summed E-state index contributed by atoms with van der Waals surface area (Å²) in [5.41, 5.74) is 2.19. The smallest absolute Gasteiger partial charge is 0.273 e. The quantitative estimate of drug-likeness (QED) is 0.532. The number of nitrogens with zero attached hydrogens (tertiary/aromatic N) is 4. The van der Waals surface area contributed by atoms with Gasteiger partial charge in [0.05, 0.1) is 35.7 Å². The van der Waals surface area contributed by atoms with E-state index < -0.39 is 0 Å². The Bertz CT molecular complexity index is 1240. The third-order valence-corrected chi connectivity index (χ3v) is 7.07. The van der Waals surface area contributed by atoms with Gasteiger partial charge in [-0.1, -0.05) is 0 Å². The minimum atomic E-state index is -0.287. The molecule has 10 heteroatoms. The summed E-state index contributed by atoms with van der Waals surface area (Å²) in [7, 11) is 0. The van der Waals surface area contributed by atoms with E-state index in [2.05, 4.69) is 21.8 Å². The first kappa shape index (κ1) is 23.1. The lowest BCUT2D eigenvalue weighted by Crippen LogP contribution is -2.48. The highest BCUT2D eigenvalue weighted by Crippen LogP contribution is 2.48. The molecule has 0 spiro atoms. The van der Waals surface area contributed by atoms with Crippen molar-refractivity contribution >= 4 is 23.4 Å². The molecule has 3 amide bonds. The Morgan fingerprint density at radius 2 is 2.06 bits per heavy atom. The van der Waals surface area contributed by atoms with E-state index in [-0.39, 0.29) is 54.8 Å². The highest BCUT2D eigenvalue weighted by atomic mass is 16.3. The SMILES string of the molecule is C[C@H]1CN(CNC(=O)CC2(CO)CC2)C(=O)c2cc(-c3ccc(C#N)cc3NC(=O)C3CC3)nn21. The fraction of sp³-hybridized carbons (Fsp3) is 0.480. The molecule has 35 heavy (non-hydrogen) atoms. The fourth-order valence-corrected chi connectivity index (χ4v) is 4.47. The highest BCUT2D eigenvalue weighted by molar-refractivity contribution is 5.99. The van der Waals surface area contributed by atoms with E-state index in [0.717, 1.165) is 25.7 Å². The van der Waals surface area contributed by atoms with Crippen LogP contribution in [0.5, 0.6) is 0 Å². The number of carbonyl (C=O) groups is 3. The number of aromatic nitrogens is 2. The van der Waals surface area contributed by atoms with E-state index in [1.807, 2.05) is 6.92 Å². The van der Waals surface area contributed by atoms with Gasteiger partial charge in [0.15, 0.2) is 0 Å². The molecule has 3 aliphatic rings. The molecule has 0 unspecified atom stereocenters. The maximum atomic E-state index is 13.2. The molecule has 0 bridgehead atoms. The van der Waals surface area contributed by atoms with Gasteiger partial charge in [-0.25, -0.2) is 0 Å². The van der Waals surface area contributed by atoms with E-state index in [1.165, 1.54) is 0 Å². The highest BCUT2D eigenvalue weighted by Gasteiger charge is 2.43. The third kappa shape index (κ3) is 4.64. The van der Waals surface area contributed by atoms with Gasteiger partial charge < -0.3 is 20.6 Å². The number of rotatable bonds is 8. The molecule has 10 nitrogen and oxygen atoms in total. The Morgan fingerprint density at radius 1 is 1.29 bits per heavy atom. The number of amides is 3. The number of aliphatic hydroxyl groups is 1. The summed E-state index contributed by atoms with van der Waals surface area (Å²) in [6.45, 7) is 2.42. The van der Waals surface area contributed by atoms with Crippen LogP contribution in [0.2, 0.25) is 0 Å². The summed E-state index contributed by atoms with van der Waals surface area (Å²) in [5.74, 6) is -0.500. The van der Waals surface area contributed by atoms with Crippen LogP contribution in [0.1, 0.15) is 61.1 Å². The van der Waals surface area contributed by atoms with E-state index in [1.54, 1.807) is 33.8 Å². The second-order valence-corrected chi connectivity index (χ2v) is 9.96. The zero-order valence-electron chi connectivity index (χ0n) is 19.6. The van der Waals surface area contributed by atoms with Crippen LogP contribution < -0.4 is 10.6 Å². The number of benzene rings is 1. The van der Waals surface area contributed by atoms with Gasteiger partial charge in [-0.05, 0) is 56.9 Å². The van der Waals surface area contributed by atoms with E-state index >= 15 is 0 Å². The van der Waals surface area contributed by atoms with Crippen LogP contribution >= 0.6 is 0 Å². The van der Waals surface area contributed by atoms with Crippen molar-refractivity contribution in [1.29, 1.82) is 5.26 Å². The van der Waals surface area contributed by atoms with Gasteiger partial charge >= 0.3 is 0 Å². The molecule has 1 atom stereocenters. The molecular weight excluding hydrogens is 448 g/mol. The number of fused-ring (bicyclic) bond motifs is 1. The van der Waals surface area contributed by atoms with Crippen LogP contribution in [0.25, 0.3) is 11.3 Å². The van der Waals surface area contributed by atoms with Gasteiger partial charge in [-0.3, -0.25) is 19.1 Å². The number of anilines is 1. The average Bonchev–Trinajstić information content (AvgIpc) is 3.78. The zero-order chi connectivity index (χ0) is 24.7. The Morgan fingerprint density at radius 3 is 2.71 bits per heavy atom. The summed E-state index contributed by atoms with van der Waals surface area (Å²) < 4.78 is 1.67. The molecule has 2 heterocycles. The first-order valence-corrected chi connectivity index (χ1v) is 11.9. The van der Waals surface area contributed by atoms with E-state index in [4.69, 9.17) is 0 Å². The lowest BCUT2D eigenvalue weighted by molar-refractivity contribution is -0.123. The van der Waals surface area contributed by atoms with Crippen LogP contribution in [-0.2, 0) is 9.59 Å². The summed E-state index contributed by atoms with van der Waals surface area (Å²) in [4.78, 5) is 39.5. The van der Waals surface area contributed by atoms with Crippen LogP contribution in [0.4, 0.5) is 5.69 Å². The molecule has 3 N–H and O–H groups in total. The first-order valence-electron chi connectivity index (χ1n) is 11.9. The average molecular weight is 477 g/mol. The number of hydrogen-bond acceptors (Lipinski definition) is 6. The van der Waals surface area contributed by atoms with Crippen molar-refractivity contribution in [2.45, 2.75) is 45.1 Å². The summed E-state index contributed by atoms with van der Waals surface area (Å²) in [5, 5.41) is 29.1. The maximum absolute atomic E-state index is 13.2. The second kappa shape index (κ2) is 8.82. The van der Waals surface area contributed by atoms with Gasteiger partial charge in [-0.15, -0.1) is 0 Å². The van der Waals surface area contributed by atoms with Crippen LogP contribution in [0, 0.1) is 22.7 Å². The molecule has 2 saturated carbocycles. The van der Waals surface area contributed by atoms with Crippen LogP contribution in [-0.4, -0.2) is 57.3 Å². The lowest BCUT2D eigenvalue weighted by atomic mass is 10.0. The van der Waals surface area contributed by atoms with Crippen LogP contribution in [0.15, 0.2) is 24.3 Å². The molecule has 182 valence electrons. The molecule has 1 aliphatic heterocycles. The maximum Gasteiger partial charge on any atom is 0.273 e. The number of hydrogen-bond donors (Lipinski definition) is 3. The predicted octanol–water partition coefficient (Wildman–Crippen LogP) is 2.02. The molecule has 2 aromatic rings. The molecule has 0 saturated heterocycles. The van der Waals surface area contributed by atoms with Crippen molar-refractivity contribution in [1.82, 2.24) is 20.0 Å². The lowest BCUT2D eigenvalue weighted by Gasteiger charge is -2.31. The molecular formula is C25H28N6O4. The summed E-state index contributed by atoms with van der Waals surface area (Å²) in [6.07, 6.45) is 3.67. The Balaban J connectivity index is 1.35. The van der Waals surface area contributed by atoms with E-state index in [0.29, 0.717) is 34.7 Å². The number of nitrogens with one attached hydrogen (secondary N) is 2.